The molecule has 1 atom stereocenters. The Kier molecular flexibility index (Phi) is 13.8. The Morgan fingerprint density at radius 2 is 1.05 bits per heavy atom. The molecule has 0 aliphatic rings. The lowest BCUT2D eigenvalue weighted by molar-refractivity contribution is 0.111. The molecule has 0 aromatic heterocycles. The van der Waals surface area contributed by atoms with E-state index < -0.39 is 8.80 Å². The molecule has 0 fully saturated rings. The largest absolute Gasteiger partial charge is 0.503 e. The third kappa shape index (κ3) is 8.96. The first-order valence-corrected chi connectivity index (χ1v) is 10.6. The van der Waals surface area contributed by atoms with E-state index in [1.807, 2.05) is 0 Å². The highest BCUT2D eigenvalue weighted by molar-refractivity contribution is 6.62. The van der Waals surface area contributed by atoms with Gasteiger partial charge in [-0.25, -0.2) is 0 Å². The molecule has 0 aromatic carbocycles. The second kappa shape index (κ2) is 13.7. The lowest BCUT2D eigenvalue weighted by Crippen LogP contribution is -2.46. The van der Waals surface area contributed by atoms with E-state index in [1.165, 1.54) is 64.2 Å². The van der Waals surface area contributed by atoms with Crippen molar-refractivity contribution in [2.24, 2.45) is 0 Å². The van der Waals surface area contributed by atoms with Crippen molar-refractivity contribution < 1.29 is 13.3 Å². The van der Waals surface area contributed by atoms with Gasteiger partial charge in [-0.2, -0.15) is 0 Å². The van der Waals surface area contributed by atoms with E-state index in [2.05, 4.69) is 13.8 Å². The third-order valence-electron chi connectivity index (χ3n) is 4.45. The zero-order valence-corrected chi connectivity index (χ0v) is 16.1. The maximum atomic E-state index is 5.53. The van der Waals surface area contributed by atoms with Gasteiger partial charge in [0.05, 0.1) is 0 Å². The zero-order valence-electron chi connectivity index (χ0n) is 15.1. The maximum Gasteiger partial charge on any atom is 0.503 e. The lowest BCUT2D eigenvalue weighted by atomic mass is 10.1. The van der Waals surface area contributed by atoms with Crippen molar-refractivity contribution in [3.63, 3.8) is 0 Å². The number of hydrogen-bond donors (Lipinski definition) is 0. The fourth-order valence-corrected chi connectivity index (χ4v) is 5.23. The van der Waals surface area contributed by atoms with Crippen LogP contribution < -0.4 is 0 Å². The highest BCUT2D eigenvalue weighted by Gasteiger charge is 2.43. The van der Waals surface area contributed by atoms with Crippen LogP contribution in [-0.4, -0.2) is 30.1 Å². The van der Waals surface area contributed by atoms with Crippen molar-refractivity contribution >= 4 is 8.80 Å². The summed E-state index contributed by atoms with van der Waals surface area (Å²) in [5.74, 6) is 0. The van der Waals surface area contributed by atoms with Crippen LogP contribution in [0, 0.1) is 0 Å². The summed E-state index contributed by atoms with van der Waals surface area (Å²) >= 11 is 0. The van der Waals surface area contributed by atoms with Crippen molar-refractivity contribution in [2.45, 2.75) is 90.0 Å². The molecule has 4 heteroatoms. The minimum absolute atomic E-state index is 0.381. The smallest absolute Gasteiger partial charge is 0.377 e. The van der Waals surface area contributed by atoms with Crippen LogP contribution in [0.15, 0.2) is 0 Å². The molecular formula is C17H38O3Si. The van der Waals surface area contributed by atoms with Gasteiger partial charge >= 0.3 is 8.80 Å². The van der Waals surface area contributed by atoms with Gasteiger partial charge in [0.25, 0.3) is 0 Å². The average Bonchev–Trinajstić information content (AvgIpc) is 2.51. The van der Waals surface area contributed by atoms with E-state index in [1.54, 1.807) is 21.3 Å². The molecule has 0 spiro atoms. The molecule has 0 aliphatic heterocycles. The second-order valence-electron chi connectivity index (χ2n) is 6.09. The molecule has 0 aliphatic carbocycles. The van der Waals surface area contributed by atoms with Crippen LogP contribution in [0.2, 0.25) is 5.54 Å². The fourth-order valence-electron chi connectivity index (χ4n) is 2.97. The van der Waals surface area contributed by atoms with Gasteiger partial charge in [0.2, 0.25) is 0 Å². The summed E-state index contributed by atoms with van der Waals surface area (Å²) in [4.78, 5) is 0. The third-order valence-corrected chi connectivity index (χ3v) is 7.65. The van der Waals surface area contributed by atoms with Gasteiger partial charge in [0, 0.05) is 26.9 Å². The van der Waals surface area contributed by atoms with Gasteiger partial charge in [-0.05, 0) is 6.42 Å². The highest BCUT2D eigenvalue weighted by Crippen LogP contribution is 2.29. The second-order valence-corrected chi connectivity index (χ2v) is 9.51. The summed E-state index contributed by atoms with van der Waals surface area (Å²) in [5.41, 5.74) is 0.381. The molecular weight excluding hydrogens is 280 g/mol. The Bertz CT molecular complexity index is 212. The number of hydrogen-bond acceptors (Lipinski definition) is 3. The Morgan fingerprint density at radius 1 is 0.667 bits per heavy atom. The molecule has 0 amide bonds. The summed E-state index contributed by atoms with van der Waals surface area (Å²) in [6, 6.07) is 0. The van der Waals surface area contributed by atoms with E-state index in [-0.39, 0.29) is 0 Å². The molecule has 1 unspecified atom stereocenters. The molecule has 0 rings (SSSR count). The Balaban J connectivity index is 3.53. The quantitative estimate of drug-likeness (QED) is 0.292. The van der Waals surface area contributed by atoms with Gasteiger partial charge < -0.3 is 13.3 Å². The predicted molar refractivity (Wildman–Crippen MR) is 92.7 cm³/mol. The first-order valence-electron chi connectivity index (χ1n) is 8.82. The van der Waals surface area contributed by atoms with E-state index >= 15 is 0 Å². The van der Waals surface area contributed by atoms with Gasteiger partial charge in [0.1, 0.15) is 0 Å². The first kappa shape index (κ1) is 21.1. The molecule has 21 heavy (non-hydrogen) atoms. The number of rotatable bonds is 15. The predicted octanol–water partition coefficient (Wildman–Crippen LogP) is 5.57. The lowest BCUT2D eigenvalue weighted by Gasteiger charge is -2.30. The van der Waals surface area contributed by atoms with Crippen molar-refractivity contribution in [2.75, 3.05) is 21.3 Å². The summed E-state index contributed by atoms with van der Waals surface area (Å²) in [6.45, 7) is 4.46. The van der Waals surface area contributed by atoms with Gasteiger partial charge in [-0.3, -0.25) is 0 Å². The van der Waals surface area contributed by atoms with Crippen molar-refractivity contribution in [3.05, 3.63) is 0 Å². The summed E-state index contributed by atoms with van der Waals surface area (Å²) in [5, 5.41) is 0. The highest BCUT2D eigenvalue weighted by atomic mass is 28.4. The zero-order chi connectivity index (χ0) is 16.0. The topological polar surface area (TPSA) is 27.7 Å². The average molecular weight is 319 g/mol. The van der Waals surface area contributed by atoms with Gasteiger partial charge in [-0.1, -0.05) is 78.1 Å². The monoisotopic (exact) mass is 318 g/mol. The van der Waals surface area contributed by atoms with Crippen molar-refractivity contribution in [1.82, 2.24) is 0 Å². The first-order chi connectivity index (χ1) is 10.2. The van der Waals surface area contributed by atoms with Gasteiger partial charge in [0.15, 0.2) is 0 Å². The SMILES string of the molecule is CCCCCCCCCCCCC(C)[Si](OC)(OC)OC. The van der Waals surface area contributed by atoms with Crippen LogP contribution in [0.5, 0.6) is 0 Å². The molecule has 0 bridgehead atoms. The van der Waals surface area contributed by atoms with E-state index in [0.717, 1.165) is 6.42 Å². The Hall–Kier alpha value is 0.0969. The summed E-state index contributed by atoms with van der Waals surface area (Å²) in [6.07, 6.45) is 14.9. The van der Waals surface area contributed by atoms with Crippen LogP contribution >= 0.6 is 0 Å². The van der Waals surface area contributed by atoms with Crippen LogP contribution in [0.4, 0.5) is 0 Å². The van der Waals surface area contributed by atoms with E-state index in [0.29, 0.717) is 5.54 Å². The summed E-state index contributed by atoms with van der Waals surface area (Å²) in [7, 11) is 2.69. The minimum Gasteiger partial charge on any atom is -0.377 e. The summed E-state index contributed by atoms with van der Waals surface area (Å²) < 4.78 is 16.6. The number of unbranched alkanes of at least 4 members (excludes halogenated alkanes) is 9. The van der Waals surface area contributed by atoms with E-state index in [4.69, 9.17) is 13.3 Å². The molecule has 0 radical (unpaired) electrons. The Labute approximate surface area is 134 Å². The Morgan fingerprint density at radius 3 is 1.43 bits per heavy atom. The van der Waals surface area contributed by atoms with E-state index in [9.17, 15) is 0 Å². The molecule has 0 saturated carbocycles. The van der Waals surface area contributed by atoms with Crippen LogP contribution in [-0.2, 0) is 13.3 Å². The van der Waals surface area contributed by atoms with Crippen LogP contribution in [0.3, 0.4) is 0 Å². The maximum absolute atomic E-state index is 5.53. The van der Waals surface area contributed by atoms with Gasteiger partial charge in [-0.15, -0.1) is 0 Å². The molecule has 128 valence electrons. The molecule has 0 saturated heterocycles. The molecule has 0 heterocycles. The normalized spacial score (nSPS) is 13.6. The van der Waals surface area contributed by atoms with Crippen LogP contribution in [0.1, 0.15) is 84.5 Å². The standard InChI is InChI=1S/C17H38O3Si/c1-6-7-8-9-10-11-12-13-14-15-16-17(2)21(18-3,19-4)20-5/h17H,6-16H2,1-5H3. The molecule has 0 N–H and O–H groups in total. The molecule has 0 aromatic rings. The minimum atomic E-state index is -2.41. The molecule has 3 nitrogen and oxygen atoms in total. The fraction of sp³-hybridized carbons (Fsp3) is 1.00. The van der Waals surface area contributed by atoms with Crippen molar-refractivity contribution in [3.8, 4) is 0 Å². The van der Waals surface area contributed by atoms with Crippen LogP contribution in [0.25, 0.3) is 0 Å². The van der Waals surface area contributed by atoms with Crippen molar-refractivity contribution in [1.29, 1.82) is 0 Å².